The van der Waals surface area contributed by atoms with Crippen LogP contribution >= 0.6 is 0 Å². The molecular weight excluding hydrogens is 328 g/mol. The molecule has 0 aliphatic carbocycles. The van der Waals surface area contributed by atoms with Crippen LogP contribution in [0, 0.1) is 5.92 Å². The minimum atomic E-state index is -0.423. The van der Waals surface area contributed by atoms with Crippen LogP contribution in [-0.2, 0) is 15.9 Å². The Morgan fingerprint density at radius 2 is 1.92 bits per heavy atom. The molecule has 2 heterocycles. The van der Waals surface area contributed by atoms with Crippen LogP contribution in [0.3, 0.4) is 0 Å². The van der Waals surface area contributed by atoms with Crippen LogP contribution in [0.15, 0.2) is 24.3 Å². The van der Waals surface area contributed by atoms with E-state index in [2.05, 4.69) is 29.6 Å². The van der Waals surface area contributed by atoms with E-state index < -0.39 is 5.60 Å². The molecule has 0 saturated carbocycles. The van der Waals surface area contributed by atoms with Crippen LogP contribution in [0.4, 0.5) is 4.79 Å². The quantitative estimate of drug-likeness (QED) is 0.896. The predicted molar refractivity (Wildman–Crippen MR) is 102 cm³/mol. The molecule has 1 amide bonds. The molecule has 0 radical (unpaired) electrons. The Morgan fingerprint density at radius 1 is 1.23 bits per heavy atom. The fourth-order valence-corrected chi connectivity index (χ4v) is 3.63. The van der Waals surface area contributed by atoms with Crippen molar-refractivity contribution in [3.63, 3.8) is 0 Å². The number of hydrogen-bond donors (Lipinski definition) is 1. The lowest BCUT2D eigenvalue weighted by atomic mass is 9.90. The molecule has 5 heteroatoms. The van der Waals surface area contributed by atoms with E-state index in [9.17, 15) is 4.79 Å². The number of nitrogens with one attached hydrogen (secondary N) is 1. The van der Waals surface area contributed by atoms with Gasteiger partial charge in [0.05, 0.1) is 12.7 Å². The number of morpholine rings is 1. The Kier molecular flexibility index (Phi) is 6.20. The summed E-state index contributed by atoms with van der Waals surface area (Å²) in [6.45, 7) is 9.93. The zero-order valence-electron chi connectivity index (χ0n) is 16.3. The van der Waals surface area contributed by atoms with Crippen molar-refractivity contribution in [2.75, 3.05) is 32.8 Å². The van der Waals surface area contributed by atoms with Gasteiger partial charge in [0.25, 0.3) is 0 Å². The van der Waals surface area contributed by atoms with E-state index in [1.54, 1.807) is 0 Å². The van der Waals surface area contributed by atoms with Gasteiger partial charge in [-0.15, -0.1) is 0 Å². The van der Waals surface area contributed by atoms with Crippen molar-refractivity contribution >= 4 is 6.09 Å². The fourth-order valence-electron chi connectivity index (χ4n) is 3.63. The van der Waals surface area contributed by atoms with Gasteiger partial charge in [0.15, 0.2) is 0 Å². The van der Waals surface area contributed by atoms with E-state index in [-0.39, 0.29) is 12.2 Å². The summed E-state index contributed by atoms with van der Waals surface area (Å²) in [5.41, 5.74) is 2.20. The van der Waals surface area contributed by atoms with E-state index in [1.165, 1.54) is 11.1 Å². The summed E-state index contributed by atoms with van der Waals surface area (Å²) in [6.07, 6.45) is 3.15. The van der Waals surface area contributed by atoms with E-state index in [4.69, 9.17) is 9.47 Å². The number of nitrogens with zero attached hydrogens (tertiary/aromatic N) is 1. The smallest absolute Gasteiger partial charge is 0.410 e. The van der Waals surface area contributed by atoms with Gasteiger partial charge in [0, 0.05) is 26.2 Å². The van der Waals surface area contributed by atoms with Crippen molar-refractivity contribution in [1.82, 2.24) is 10.2 Å². The molecule has 0 bridgehead atoms. The maximum Gasteiger partial charge on any atom is 0.410 e. The van der Waals surface area contributed by atoms with Gasteiger partial charge in [-0.2, -0.15) is 0 Å². The molecule has 1 unspecified atom stereocenters. The number of ether oxygens (including phenoxy) is 2. The highest BCUT2D eigenvalue weighted by molar-refractivity contribution is 5.68. The van der Waals surface area contributed by atoms with Crippen molar-refractivity contribution < 1.29 is 14.3 Å². The molecule has 3 rings (SSSR count). The molecule has 1 aromatic rings. The van der Waals surface area contributed by atoms with Crippen molar-refractivity contribution in [3.05, 3.63) is 35.4 Å². The first-order valence-corrected chi connectivity index (χ1v) is 9.80. The second-order valence-corrected chi connectivity index (χ2v) is 8.42. The highest BCUT2D eigenvalue weighted by Gasteiger charge is 2.27. The van der Waals surface area contributed by atoms with Gasteiger partial charge in [-0.05, 0) is 57.1 Å². The summed E-state index contributed by atoms with van der Waals surface area (Å²) < 4.78 is 11.3. The Balaban J connectivity index is 1.46. The summed E-state index contributed by atoms with van der Waals surface area (Å²) in [7, 11) is 0. The molecule has 0 spiro atoms. The molecule has 2 aliphatic heterocycles. The van der Waals surface area contributed by atoms with Crippen molar-refractivity contribution in [3.8, 4) is 0 Å². The lowest BCUT2D eigenvalue weighted by Crippen LogP contribution is -2.42. The summed E-state index contributed by atoms with van der Waals surface area (Å²) >= 11 is 0. The van der Waals surface area contributed by atoms with E-state index in [0.29, 0.717) is 5.92 Å². The number of carbonyl (C=O) groups is 1. The van der Waals surface area contributed by atoms with Crippen LogP contribution in [0.5, 0.6) is 0 Å². The average Bonchev–Trinajstić information content (AvgIpc) is 2.62. The summed E-state index contributed by atoms with van der Waals surface area (Å²) in [4.78, 5) is 14.0. The van der Waals surface area contributed by atoms with Gasteiger partial charge in [-0.3, -0.25) is 0 Å². The Hall–Kier alpha value is -1.59. The third kappa shape index (κ3) is 5.45. The molecule has 0 aromatic heterocycles. The zero-order chi connectivity index (χ0) is 18.6. The Morgan fingerprint density at radius 3 is 2.50 bits per heavy atom. The molecule has 1 atom stereocenters. The number of hydrogen-bond acceptors (Lipinski definition) is 4. The largest absolute Gasteiger partial charge is 0.444 e. The third-order valence-corrected chi connectivity index (χ3v) is 5.07. The van der Waals surface area contributed by atoms with E-state index in [0.717, 1.165) is 52.0 Å². The number of benzene rings is 1. The Bertz CT molecular complexity index is 580. The molecule has 2 saturated heterocycles. The maximum absolute atomic E-state index is 12.2. The first-order chi connectivity index (χ1) is 12.4. The first kappa shape index (κ1) is 19.2. The summed E-state index contributed by atoms with van der Waals surface area (Å²) in [5.74, 6) is 0.632. The number of rotatable bonds is 3. The van der Waals surface area contributed by atoms with Gasteiger partial charge in [-0.25, -0.2) is 4.79 Å². The minimum absolute atomic E-state index is 0.176. The van der Waals surface area contributed by atoms with Crippen LogP contribution in [0.2, 0.25) is 0 Å². The van der Waals surface area contributed by atoms with Gasteiger partial charge < -0.3 is 19.7 Å². The second kappa shape index (κ2) is 8.40. The number of likely N-dealkylation sites (tertiary alicyclic amines) is 1. The number of carbonyl (C=O) groups excluding carboxylic acids is 1. The van der Waals surface area contributed by atoms with Crippen LogP contribution in [0.25, 0.3) is 0 Å². The van der Waals surface area contributed by atoms with Gasteiger partial charge in [0.2, 0.25) is 0 Å². The molecule has 5 nitrogen and oxygen atoms in total. The van der Waals surface area contributed by atoms with Gasteiger partial charge in [0.1, 0.15) is 5.60 Å². The normalized spacial score (nSPS) is 22.3. The standard InChI is InChI=1S/C21H32N2O3/c1-21(2,3)26-20(24)23-11-8-17(9-12-23)14-16-4-6-18(7-5-16)19-15-22-10-13-25-19/h4-7,17,19,22H,8-15H2,1-3H3. The second-order valence-electron chi connectivity index (χ2n) is 8.42. The lowest BCUT2D eigenvalue weighted by Gasteiger charge is -2.33. The fraction of sp³-hybridized carbons (Fsp3) is 0.667. The monoisotopic (exact) mass is 360 g/mol. The molecule has 2 aliphatic rings. The average molecular weight is 360 g/mol. The van der Waals surface area contributed by atoms with Gasteiger partial charge in [-0.1, -0.05) is 24.3 Å². The molecule has 144 valence electrons. The molecular formula is C21H32N2O3. The SMILES string of the molecule is CC(C)(C)OC(=O)N1CCC(Cc2ccc(C3CNCCO3)cc2)CC1. The number of amides is 1. The molecule has 1 aromatic carbocycles. The molecule has 1 N–H and O–H groups in total. The third-order valence-electron chi connectivity index (χ3n) is 5.07. The van der Waals surface area contributed by atoms with Crippen LogP contribution in [-0.4, -0.2) is 49.4 Å². The maximum atomic E-state index is 12.2. The van der Waals surface area contributed by atoms with Crippen molar-refractivity contribution in [2.45, 2.75) is 51.7 Å². The van der Waals surface area contributed by atoms with Crippen molar-refractivity contribution in [1.29, 1.82) is 0 Å². The highest BCUT2D eigenvalue weighted by atomic mass is 16.6. The van der Waals surface area contributed by atoms with Gasteiger partial charge >= 0.3 is 6.09 Å². The Labute approximate surface area is 157 Å². The highest BCUT2D eigenvalue weighted by Crippen LogP contribution is 2.25. The van der Waals surface area contributed by atoms with Crippen LogP contribution < -0.4 is 5.32 Å². The topological polar surface area (TPSA) is 50.8 Å². The molecule has 26 heavy (non-hydrogen) atoms. The van der Waals surface area contributed by atoms with Crippen LogP contribution in [0.1, 0.15) is 50.8 Å². The van der Waals surface area contributed by atoms with E-state index >= 15 is 0 Å². The summed E-state index contributed by atoms with van der Waals surface area (Å²) in [6, 6.07) is 8.85. The lowest BCUT2D eigenvalue weighted by molar-refractivity contribution is 0.0184. The zero-order valence-corrected chi connectivity index (χ0v) is 16.3. The predicted octanol–water partition coefficient (Wildman–Crippen LogP) is 3.54. The minimum Gasteiger partial charge on any atom is -0.444 e. The summed E-state index contributed by atoms with van der Waals surface area (Å²) in [5, 5.41) is 3.37. The van der Waals surface area contributed by atoms with Crippen molar-refractivity contribution in [2.24, 2.45) is 5.92 Å². The molecule has 2 fully saturated rings. The first-order valence-electron chi connectivity index (χ1n) is 9.80. The van der Waals surface area contributed by atoms with E-state index in [1.807, 2.05) is 25.7 Å². The number of piperidine rings is 1.